The topological polar surface area (TPSA) is 66.6 Å². The Morgan fingerprint density at radius 1 is 1.11 bits per heavy atom. The maximum atomic E-state index is 12.5. The number of nitrogens with two attached hydrogens (primary N) is 1. The summed E-state index contributed by atoms with van der Waals surface area (Å²) in [7, 11) is 0. The van der Waals surface area contributed by atoms with Gasteiger partial charge in [0.1, 0.15) is 6.04 Å². The van der Waals surface area contributed by atoms with Crippen LogP contribution in [-0.2, 0) is 4.79 Å². The molecule has 2 atom stereocenters. The highest BCUT2D eigenvalue weighted by atomic mass is 16.2. The van der Waals surface area contributed by atoms with Gasteiger partial charge in [0.05, 0.1) is 0 Å². The Balaban J connectivity index is 2.03. The molecule has 0 bridgehead atoms. The molecular weight excluding hydrogens is 230 g/mol. The average Bonchev–Trinajstić information content (AvgIpc) is 2.38. The molecule has 18 heavy (non-hydrogen) atoms. The van der Waals surface area contributed by atoms with E-state index in [2.05, 4.69) is 6.92 Å². The van der Waals surface area contributed by atoms with E-state index >= 15 is 0 Å². The third kappa shape index (κ3) is 2.76. The van der Waals surface area contributed by atoms with Crippen molar-refractivity contribution in [1.29, 1.82) is 0 Å². The molecule has 2 aliphatic heterocycles. The van der Waals surface area contributed by atoms with Crippen molar-refractivity contribution in [3.63, 3.8) is 0 Å². The van der Waals surface area contributed by atoms with Gasteiger partial charge in [-0.05, 0) is 38.0 Å². The second kappa shape index (κ2) is 5.59. The molecule has 2 saturated heterocycles. The standard InChI is InChI=1S/C13H23N3O2/c1-10-5-4-7-15(9-10)13(18)16-8-3-2-6-11(16)12(14)17/h10-11H,2-9H2,1H3,(H2,14,17). The predicted molar refractivity (Wildman–Crippen MR) is 68.9 cm³/mol. The van der Waals surface area contributed by atoms with Crippen LogP contribution in [0, 0.1) is 5.92 Å². The first-order valence-corrected chi connectivity index (χ1v) is 6.94. The molecule has 0 aromatic heterocycles. The minimum atomic E-state index is -0.400. The highest BCUT2D eigenvalue weighted by molar-refractivity contribution is 5.86. The molecule has 0 aromatic carbocycles. The Morgan fingerprint density at radius 2 is 1.89 bits per heavy atom. The molecule has 0 radical (unpaired) electrons. The maximum absolute atomic E-state index is 12.5. The lowest BCUT2D eigenvalue weighted by molar-refractivity contribution is -0.123. The SMILES string of the molecule is CC1CCCN(C(=O)N2CCCCC2C(N)=O)C1. The minimum absolute atomic E-state index is 0.00468. The second-order valence-electron chi connectivity index (χ2n) is 5.58. The van der Waals surface area contributed by atoms with E-state index in [1.807, 2.05) is 4.90 Å². The summed E-state index contributed by atoms with van der Waals surface area (Å²) in [6.45, 7) is 4.45. The zero-order valence-electron chi connectivity index (χ0n) is 11.1. The lowest BCUT2D eigenvalue weighted by Crippen LogP contribution is -2.56. The van der Waals surface area contributed by atoms with Crippen molar-refractivity contribution in [2.24, 2.45) is 11.7 Å². The molecular formula is C13H23N3O2. The molecule has 0 aromatic rings. The zero-order valence-corrected chi connectivity index (χ0v) is 11.1. The summed E-state index contributed by atoms with van der Waals surface area (Å²) in [4.78, 5) is 27.5. The number of carbonyl (C=O) groups excluding carboxylic acids is 2. The molecule has 5 nitrogen and oxygen atoms in total. The Hall–Kier alpha value is -1.26. The van der Waals surface area contributed by atoms with Crippen LogP contribution in [0.25, 0.3) is 0 Å². The summed E-state index contributed by atoms with van der Waals surface area (Å²) in [5, 5.41) is 0. The average molecular weight is 253 g/mol. The normalized spacial score (nSPS) is 29.2. The number of carbonyl (C=O) groups is 2. The Morgan fingerprint density at radius 3 is 2.56 bits per heavy atom. The number of amides is 3. The van der Waals surface area contributed by atoms with Crippen LogP contribution in [-0.4, -0.2) is 47.4 Å². The van der Waals surface area contributed by atoms with Gasteiger partial charge in [-0.1, -0.05) is 6.92 Å². The molecule has 2 heterocycles. The van der Waals surface area contributed by atoms with Gasteiger partial charge < -0.3 is 15.5 Å². The van der Waals surface area contributed by atoms with Crippen molar-refractivity contribution in [3.05, 3.63) is 0 Å². The third-order valence-electron chi connectivity index (χ3n) is 4.00. The van der Waals surface area contributed by atoms with E-state index in [0.717, 1.165) is 32.4 Å². The van der Waals surface area contributed by atoms with Gasteiger partial charge in [0.2, 0.25) is 5.91 Å². The minimum Gasteiger partial charge on any atom is -0.368 e. The summed E-state index contributed by atoms with van der Waals surface area (Å²) < 4.78 is 0. The molecule has 0 saturated carbocycles. The second-order valence-corrected chi connectivity index (χ2v) is 5.58. The van der Waals surface area contributed by atoms with Crippen molar-refractivity contribution in [3.8, 4) is 0 Å². The predicted octanol–water partition coefficient (Wildman–Crippen LogP) is 1.18. The van der Waals surface area contributed by atoms with Crippen LogP contribution in [0.4, 0.5) is 4.79 Å². The summed E-state index contributed by atoms with van der Waals surface area (Å²) in [5.74, 6) is 0.188. The molecule has 5 heteroatoms. The van der Waals surface area contributed by atoms with Crippen LogP contribution in [0.3, 0.4) is 0 Å². The molecule has 0 spiro atoms. The molecule has 3 amide bonds. The first kappa shape index (κ1) is 13.2. The monoisotopic (exact) mass is 253 g/mol. The lowest BCUT2D eigenvalue weighted by atomic mass is 9.99. The zero-order chi connectivity index (χ0) is 13.1. The Bertz CT molecular complexity index is 332. The van der Waals surface area contributed by atoms with Crippen LogP contribution in [0.2, 0.25) is 0 Å². The van der Waals surface area contributed by atoms with Crippen molar-refractivity contribution >= 4 is 11.9 Å². The number of piperidine rings is 2. The van der Waals surface area contributed by atoms with Gasteiger partial charge >= 0.3 is 6.03 Å². The summed E-state index contributed by atoms with van der Waals surface area (Å²) in [5.41, 5.74) is 5.40. The van der Waals surface area contributed by atoms with Crippen molar-refractivity contribution in [1.82, 2.24) is 9.80 Å². The number of hydrogen-bond donors (Lipinski definition) is 1. The largest absolute Gasteiger partial charge is 0.368 e. The fourth-order valence-electron chi connectivity index (χ4n) is 3.00. The highest BCUT2D eigenvalue weighted by Crippen LogP contribution is 2.22. The van der Waals surface area contributed by atoms with Crippen molar-refractivity contribution in [2.75, 3.05) is 19.6 Å². The molecule has 2 rings (SSSR count). The van der Waals surface area contributed by atoms with Gasteiger partial charge in [0.25, 0.3) is 0 Å². The lowest BCUT2D eigenvalue weighted by Gasteiger charge is -2.40. The van der Waals surface area contributed by atoms with Crippen LogP contribution in [0.1, 0.15) is 39.0 Å². The van der Waals surface area contributed by atoms with E-state index in [-0.39, 0.29) is 11.9 Å². The molecule has 2 fully saturated rings. The van der Waals surface area contributed by atoms with Gasteiger partial charge in [-0.25, -0.2) is 4.79 Å². The van der Waals surface area contributed by atoms with Crippen LogP contribution >= 0.6 is 0 Å². The van der Waals surface area contributed by atoms with Gasteiger partial charge in [-0.2, -0.15) is 0 Å². The number of nitrogens with zero attached hydrogens (tertiary/aromatic N) is 2. The van der Waals surface area contributed by atoms with E-state index in [9.17, 15) is 9.59 Å². The van der Waals surface area contributed by atoms with Gasteiger partial charge in [0.15, 0.2) is 0 Å². The van der Waals surface area contributed by atoms with Crippen LogP contribution in [0.5, 0.6) is 0 Å². The molecule has 102 valence electrons. The van der Waals surface area contributed by atoms with Crippen LogP contribution < -0.4 is 5.73 Å². The molecule has 2 N–H and O–H groups in total. The smallest absolute Gasteiger partial charge is 0.320 e. The molecule has 2 aliphatic rings. The summed E-state index contributed by atoms with van der Waals surface area (Å²) in [6, 6.07) is -0.395. The fraction of sp³-hybridized carbons (Fsp3) is 0.846. The highest BCUT2D eigenvalue weighted by Gasteiger charge is 2.34. The quantitative estimate of drug-likeness (QED) is 0.762. The van der Waals surface area contributed by atoms with Gasteiger partial charge in [-0.15, -0.1) is 0 Å². The first-order valence-electron chi connectivity index (χ1n) is 6.94. The van der Waals surface area contributed by atoms with E-state index < -0.39 is 6.04 Å². The van der Waals surface area contributed by atoms with E-state index in [4.69, 9.17) is 5.73 Å². The van der Waals surface area contributed by atoms with Crippen molar-refractivity contribution in [2.45, 2.75) is 45.1 Å². The Labute approximate surface area is 108 Å². The van der Waals surface area contributed by atoms with Gasteiger partial charge in [0, 0.05) is 19.6 Å². The number of primary amides is 1. The van der Waals surface area contributed by atoms with E-state index in [1.165, 1.54) is 6.42 Å². The molecule has 0 aliphatic carbocycles. The number of rotatable bonds is 1. The molecule has 2 unspecified atom stereocenters. The number of hydrogen-bond acceptors (Lipinski definition) is 2. The fourth-order valence-corrected chi connectivity index (χ4v) is 3.00. The van der Waals surface area contributed by atoms with Gasteiger partial charge in [-0.3, -0.25) is 4.79 Å². The van der Waals surface area contributed by atoms with Crippen LogP contribution in [0.15, 0.2) is 0 Å². The number of urea groups is 1. The maximum Gasteiger partial charge on any atom is 0.320 e. The number of likely N-dealkylation sites (tertiary alicyclic amines) is 2. The summed E-state index contributed by atoms with van der Waals surface area (Å²) >= 11 is 0. The van der Waals surface area contributed by atoms with E-state index in [1.54, 1.807) is 4.90 Å². The van der Waals surface area contributed by atoms with E-state index in [0.29, 0.717) is 18.9 Å². The third-order valence-corrected chi connectivity index (χ3v) is 4.00. The van der Waals surface area contributed by atoms with Crippen molar-refractivity contribution < 1.29 is 9.59 Å². The first-order chi connectivity index (χ1) is 8.59. The summed E-state index contributed by atoms with van der Waals surface area (Å²) in [6.07, 6.45) is 4.90. The Kier molecular flexibility index (Phi) is 4.09.